The molecule has 14 heteroatoms. The van der Waals surface area contributed by atoms with E-state index in [4.69, 9.17) is 23.2 Å². The third-order valence-electron chi connectivity index (χ3n) is 4.81. The first kappa shape index (κ1) is 22.4. The van der Waals surface area contributed by atoms with E-state index in [1.807, 2.05) is 13.0 Å². The quantitative estimate of drug-likeness (QED) is 0.310. The Morgan fingerprint density at radius 1 is 1.15 bits per heavy atom. The Morgan fingerprint density at radius 3 is 2.64 bits per heavy atom. The molecule has 4 aromatic rings. The first-order valence-electron chi connectivity index (χ1n) is 9.58. The van der Waals surface area contributed by atoms with Crippen molar-refractivity contribution in [2.75, 3.05) is 5.32 Å². The highest BCUT2D eigenvalue weighted by Crippen LogP contribution is 2.25. The number of aromatic nitrogens is 7. The number of carbonyl (C=O) groups excluding carboxylic acids is 1. The maximum absolute atomic E-state index is 12.8. The van der Waals surface area contributed by atoms with Crippen LogP contribution in [0.3, 0.4) is 0 Å². The van der Waals surface area contributed by atoms with E-state index in [-0.39, 0.29) is 12.4 Å². The van der Waals surface area contributed by atoms with E-state index in [0.29, 0.717) is 28.0 Å². The van der Waals surface area contributed by atoms with Crippen LogP contribution in [0.1, 0.15) is 27.4 Å². The minimum Gasteiger partial charge on any atom is -0.390 e. The molecule has 0 radical (unpaired) electrons. The van der Waals surface area contributed by atoms with Gasteiger partial charge in [0.25, 0.3) is 5.91 Å². The van der Waals surface area contributed by atoms with Crippen LogP contribution in [0.5, 0.6) is 0 Å². The molecule has 3 aromatic heterocycles. The number of rotatable bonds is 7. The van der Waals surface area contributed by atoms with Crippen molar-refractivity contribution in [2.24, 2.45) is 0 Å². The Morgan fingerprint density at radius 2 is 1.94 bits per heavy atom. The molecule has 0 unspecified atom stereocenters. The fourth-order valence-electron chi connectivity index (χ4n) is 3.17. The molecule has 4 rings (SSSR count). The lowest BCUT2D eigenvalue weighted by atomic mass is 10.2. The average Bonchev–Trinajstić information content (AvgIpc) is 3.47. The van der Waals surface area contributed by atoms with Crippen LogP contribution in [-0.4, -0.2) is 45.2 Å². The molecule has 0 atom stereocenters. The summed E-state index contributed by atoms with van der Waals surface area (Å²) in [7, 11) is 0. The van der Waals surface area contributed by atoms with Crippen molar-refractivity contribution in [1.82, 2.24) is 34.3 Å². The predicted molar refractivity (Wildman–Crippen MR) is 120 cm³/mol. The molecule has 1 N–H and O–H groups in total. The van der Waals surface area contributed by atoms with E-state index in [1.165, 1.54) is 21.8 Å². The number of halogens is 2. The fourth-order valence-corrected chi connectivity index (χ4v) is 3.64. The van der Waals surface area contributed by atoms with Crippen LogP contribution in [0, 0.1) is 24.0 Å². The van der Waals surface area contributed by atoms with Gasteiger partial charge in [-0.2, -0.15) is 14.9 Å². The molecular weight excluding hydrogens is 473 g/mol. The van der Waals surface area contributed by atoms with E-state index in [1.54, 1.807) is 29.9 Å². The van der Waals surface area contributed by atoms with Crippen LogP contribution >= 0.6 is 23.2 Å². The van der Waals surface area contributed by atoms with Crippen LogP contribution in [-0.2, 0) is 13.2 Å². The molecule has 0 saturated heterocycles. The summed E-state index contributed by atoms with van der Waals surface area (Å²) in [4.78, 5) is 26.3. The van der Waals surface area contributed by atoms with E-state index in [9.17, 15) is 14.9 Å². The average molecular weight is 490 g/mol. The predicted octanol–water partition coefficient (Wildman–Crippen LogP) is 3.31. The molecule has 170 valence electrons. The minimum atomic E-state index is -0.690. The molecule has 3 heterocycles. The molecular formula is C19H17Cl2N9O3. The fraction of sp³-hybridized carbons (Fsp3) is 0.211. The molecule has 1 amide bonds. The molecule has 0 saturated carbocycles. The van der Waals surface area contributed by atoms with Crippen molar-refractivity contribution in [3.63, 3.8) is 0 Å². The third kappa shape index (κ3) is 4.86. The number of nitro groups is 1. The molecule has 0 aliphatic heterocycles. The maximum Gasteiger partial charge on any atom is 0.491 e. The number of nitrogens with one attached hydrogen (secondary N) is 1. The lowest BCUT2D eigenvalue weighted by molar-refractivity contribution is -0.394. The van der Waals surface area contributed by atoms with E-state index >= 15 is 0 Å². The topological polar surface area (TPSA) is 139 Å². The van der Waals surface area contributed by atoms with E-state index in [2.05, 4.69) is 25.6 Å². The Labute approximate surface area is 196 Å². The van der Waals surface area contributed by atoms with Crippen molar-refractivity contribution in [3.05, 3.63) is 79.6 Å². The van der Waals surface area contributed by atoms with Gasteiger partial charge in [0.1, 0.15) is 0 Å². The summed E-state index contributed by atoms with van der Waals surface area (Å²) >= 11 is 12.2. The van der Waals surface area contributed by atoms with Gasteiger partial charge < -0.3 is 15.4 Å². The number of hydrogen-bond donors (Lipinski definition) is 1. The highest BCUT2D eigenvalue weighted by atomic mass is 35.5. The Bertz CT molecular complexity index is 1360. The van der Waals surface area contributed by atoms with Gasteiger partial charge in [0.05, 0.1) is 23.6 Å². The van der Waals surface area contributed by atoms with Gasteiger partial charge in [-0.3, -0.25) is 9.48 Å². The van der Waals surface area contributed by atoms with Crippen LogP contribution in [0.25, 0.3) is 0 Å². The van der Waals surface area contributed by atoms with Crippen LogP contribution in [0.15, 0.2) is 36.8 Å². The third-order valence-corrected chi connectivity index (χ3v) is 5.39. The van der Waals surface area contributed by atoms with Crippen LogP contribution in [0.2, 0.25) is 10.0 Å². The monoisotopic (exact) mass is 489 g/mol. The Hall–Kier alpha value is -3.77. The highest BCUT2D eigenvalue weighted by Gasteiger charge is 2.18. The van der Waals surface area contributed by atoms with Gasteiger partial charge in [0.2, 0.25) is 6.33 Å². The van der Waals surface area contributed by atoms with Gasteiger partial charge in [0, 0.05) is 21.3 Å². The molecule has 0 aliphatic rings. The molecule has 12 nitrogen and oxygen atoms in total. The second-order valence-corrected chi connectivity index (χ2v) is 7.96. The van der Waals surface area contributed by atoms with E-state index in [0.717, 1.165) is 11.3 Å². The largest absolute Gasteiger partial charge is 0.491 e. The Kier molecular flexibility index (Phi) is 6.11. The number of nitrogens with zero attached hydrogens (tertiary/aromatic N) is 8. The van der Waals surface area contributed by atoms with Crippen molar-refractivity contribution in [3.8, 4) is 0 Å². The summed E-state index contributed by atoms with van der Waals surface area (Å²) in [6, 6.07) is 6.78. The number of carbonyl (C=O) groups is 1. The van der Waals surface area contributed by atoms with Gasteiger partial charge in [-0.05, 0) is 42.5 Å². The SMILES string of the molecule is Cc1nn(Cc2ccc(Cl)cc2Cl)c(C)c1NC(=O)c1ccn(Cn2cnc([N+](=O)[O-])n2)n1. The van der Waals surface area contributed by atoms with Crippen LogP contribution < -0.4 is 5.32 Å². The van der Waals surface area contributed by atoms with Gasteiger partial charge >= 0.3 is 5.95 Å². The van der Waals surface area contributed by atoms with Crippen molar-refractivity contribution in [2.45, 2.75) is 27.1 Å². The summed E-state index contributed by atoms with van der Waals surface area (Å²) in [6.07, 6.45) is 2.78. The standard InChI is InChI=1S/C19H17Cl2N9O3/c1-11-17(12(2)29(24-11)8-13-3-4-14(20)7-15(13)21)23-18(31)16-5-6-27(25-16)10-28-9-22-19(26-28)30(32)33/h3-7,9H,8,10H2,1-2H3,(H,23,31). The summed E-state index contributed by atoms with van der Waals surface area (Å²) in [5.74, 6) is -0.934. The molecule has 1 aromatic carbocycles. The summed E-state index contributed by atoms with van der Waals surface area (Å²) < 4.78 is 4.41. The van der Waals surface area contributed by atoms with Crippen molar-refractivity contribution >= 4 is 40.7 Å². The second kappa shape index (κ2) is 9.00. The normalized spacial score (nSPS) is 11.0. The van der Waals surface area contributed by atoms with Gasteiger partial charge in [-0.15, -0.1) is 0 Å². The van der Waals surface area contributed by atoms with Crippen LogP contribution in [0.4, 0.5) is 11.6 Å². The summed E-state index contributed by atoms with van der Waals surface area (Å²) in [5, 5.41) is 27.0. The zero-order valence-electron chi connectivity index (χ0n) is 17.4. The maximum atomic E-state index is 12.8. The van der Waals surface area contributed by atoms with E-state index < -0.39 is 16.8 Å². The number of benzene rings is 1. The molecule has 33 heavy (non-hydrogen) atoms. The van der Waals surface area contributed by atoms with Gasteiger partial charge in [-0.25, -0.2) is 4.68 Å². The summed E-state index contributed by atoms with van der Waals surface area (Å²) in [6.45, 7) is 4.11. The van der Waals surface area contributed by atoms with Crippen molar-refractivity contribution in [1.29, 1.82) is 0 Å². The highest BCUT2D eigenvalue weighted by molar-refractivity contribution is 6.35. The number of hydrogen-bond acceptors (Lipinski definition) is 7. The first-order valence-corrected chi connectivity index (χ1v) is 10.3. The molecule has 0 aliphatic carbocycles. The first-order chi connectivity index (χ1) is 15.7. The number of aryl methyl sites for hydroxylation is 1. The molecule has 0 spiro atoms. The van der Waals surface area contributed by atoms with Crippen molar-refractivity contribution < 1.29 is 9.72 Å². The minimum absolute atomic E-state index is 0.0615. The second-order valence-electron chi connectivity index (χ2n) is 7.12. The Balaban J connectivity index is 1.47. The molecule has 0 bridgehead atoms. The van der Waals surface area contributed by atoms with Gasteiger partial charge in [-0.1, -0.05) is 34.3 Å². The summed E-state index contributed by atoms with van der Waals surface area (Å²) in [5.41, 5.74) is 2.97. The smallest absolute Gasteiger partial charge is 0.390 e. The number of anilines is 1. The zero-order chi connectivity index (χ0) is 23.7. The lowest BCUT2D eigenvalue weighted by Gasteiger charge is -2.08. The van der Waals surface area contributed by atoms with Gasteiger partial charge in [0.15, 0.2) is 12.4 Å². The number of amides is 1. The zero-order valence-corrected chi connectivity index (χ0v) is 18.9. The molecule has 0 fully saturated rings. The lowest BCUT2D eigenvalue weighted by Crippen LogP contribution is -2.16.